The van der Waals surface area contributed by atoms with Gasteiger partial charge < -0.3 is 15.2 Å². The summed E-state index contributed by atoms with van der Waals surface area (Å²) < 4.78 is 11.0. The van der Waals surface area contributed by atoms with Gasteiger partial charge in [-0.3, -0.25) is 4.79 Å². The number of aromatic nitrogens is 1. The van der Waals surface area contributed by atoms with Gasteiger partial charge in [-0.05, 0) is 30.3 Å². The van der Waals surface area contributed by atoms with E-state index in [-0.39, 0.29) is 0 Å². The zero-order chi connectivity index (χ0) is 22.4. The minimum absolute atomic E-state index is 0.438. The molecule has 1 heterocycles. The summed E-state index contributed by atoms with van der Waals surface area (Å²) in [6, 6.07) is 21.7. The van der Waals surface area contributed by atoms with Crippen LogP contribution in [-0.2, 0) is 0 Å². The Bertz CT molecular complexity index is 981. The Morgan fingerprint density at radius 1 is 1.03 bits per heavy atom. The van der Waals surface area contributed by atoms with Gasteiger partial charge in [0.25, 0.3) is 0 Å². The highest BCUT2D eigenvalue weighted by molar-refractivity contribution is 5.94. The smallest absolute Gasteiger partial charge is 0.248 e. The Hall–Kier alpha value is -3.85. The summed E-state index contributed by atoms with van der Waals surface area (Å²) in [6.07, 6.45) is 0.625. The number of pyridine rings is 1. The average molecular weight is 405 g/mol. The van der Waals surface area contributed by atoms with Crippen LogP contribution in [0, 0.1) is 11.3 Å². The van der Waals surface area contributed by atoms with E-state index in [4.69, 9.17) is 20.5 Å². The van der Waals surface area contributed by atoms with Crippen molar-refractivity contribution in [2.75, 3.05) is 7.11 Å². The van der Waals surface area contributed by atoms with Crippen LogP contribution in [0.5, 0.6) is 17.4 Å². The maximum absolute atomic E-state index is 11.3. The minimum Gasteiger partial charge on any atom is -0.497 e. The summed E-state index contributed by atoms with van der Waals surface area (Å²) in [5.41, 5.74) is 7.25. The normalized spacial score (nSPS) is 9.03. The van der Waals surface area contributed by atoms with Gasteiger partial charge in [-0.25, -0.2) is 4.98 Å². The fourth-order valence-electron chi connectivity index (χ4n) is 2.25. The van der Waals surface area contributed by atoms with Crippen molar-refractivity contribution in [1.29, 1.82) is 5.26 Å². The van der Waals surface area contributed by atoms with Gasteiger partial charge in [0.15, 0.2) is 0 Å². The molecule has 0 saturated heterocycles. The number of methoxy groups -OCH3 is 1. The third kappa shape index (κ3) is 7.64. The lowest BCUT2D eigenvalue weighted by Crippen LogP contribution is -2.10. The summed E-state index contributed by atoms with van der Waals surface area (Å²) >= 11 is 0. The molecule has 156 valence electrons. The van der Waals surface area contributed by atoms with E-state index in [1.54, 1.807) is 37.4 Å². The van der Waals surface area contributed by atoms with E-state index in [1.165, 1.54) is 0 Å². The molecule has 6 heteroatoms. The van der Waals surface area contributed by atoms with Crippen molar-refractivity contribution >= 4 is 5.91 Å². The fourth-order valence-corrected chi connectivity index (χ4v) is 2.25. The molecule has 0 aliphatic rings. The van der Waals surface area contributed by atoms with Gasteiger partial charge in [0, 0.05) is 29.7 Å². The van der Waals surface area contributed by atoms with Crippen LogP contribution in [0.3, 0.4) is 0 Å². The van der Waals surface area contributed by atoms with Crippen LogP contribution in [0.1, 0.15) is 37.6 Å². The van der Waals surface area contributed by atoms with Crippen LogP contribution in [-0.4, -0.2) is 18.0 Å². The number of amides is 1. The lowest BCUT2D eigenvalue weighted by atomic mass is 10.1. The second-order valence-corrected chi connectivity index (χ2v) is 5.60. The van der Waals surface area contributed by atoms with Gasteiger partial charge in [-0.15, -0.1) is 0 Å². The van der Waals surface area contributed by atoms with Gasteiger partial charge in [0.05, 0.1) is 18.9 Å². The predicted octanol–water partition coefficient (Wildman–Crippen LogP) is 5.59. The maximum atomic E-state index is 11.3. The molecule has 0 aliphatic carbocycles. The van der Waals surface area contributed by atoms with Crippen molar-refractivity contribution in [2.24, 2.45) is 5.73 Å². The van der Waals surface area contributed by atoms with Crippen LogP contribution in [0.25, 0.3) is 11.3 Å². The van der Waals surface area contributed by atoms with Crippen molar-refractivity contribution in [3.05, 3.63) is 72.3 Å². The van der Waals surface area contributed by atoms with E-state index < -0.39 is 5.91 Å². The van der Waals surface area contributed by atoms with Crippen molar-refractivity contribution in [2.45, 2.75) is 27.2 Å². The summed E-state index contributed by atoms with van der Waals surface area (Å²) in [5, 5.41) is 7.62. The van der Waals surface area contributed by atoms with Gasteiger partial charge in [0.2, 0.25) is 11.8 Å². The SMILES string of the molecule is CC.CCC#N.COc1cccc(Oc2cccc(-c3cccc(C(N)=O)c3)n2)c1. The predicted molar refractivity (Wildman–Crippen MR) is 119 cm³/mol. The van der Waals surface area contributed by atoms with Gasteiger partial charge in [-0.1, -0.05) is 45.0 Å². The molecule has 6 nitrogen and oxygen atoms in total. The second-order valence-electron chi connectivity index (χ2n) is 5.60. The van der Waals surface area contributed by atoms with Gasteiger partial charge >= 0.3 is 0 Å². The molecule has 2 N–H and O–H groups in total. The molecule has 1 aromatic heterocycles. The Kier molecular flexibility index (Phi) is 10.8. The molecule has 2 aromatic carbocycles. The molecule has 0 fully saturated rings. The number of ether oxygens (including phenoxy) is 2. The zero-order valence-electron chi connectivity index (χ0n) is 17.8. The lowest BCUT2D eigenvalue weighted by Gasteiger charge is -2.08. The minimum atomic E-state index is -0.472. The summed E-state index contributed by atoms with van der Waals surface area (Å²) in [4.78, 5) is 15.8. The molecule has 0 saturated carbocycles. The van der Waals surface area contributed by atoms with Crippen LogP contribution in [0.4, 0.5) is 0 Å². The van der Waals surface area contributed by atoms with Gasteiger partial charge in [0.1, 0.15) is 11.5 Å². The van der Waals surface area contributed by atoms with Crippen LogP contribution < -0.4 is 15.2 Å². The molecule has 1 amide bonds. The van der Waals surface area contributed by atoms with Crippen molar-refractivity contribution in [3.63, 3.8) is 0 Å². The third-order valence-corrected chi connectivity index (χ3v) is 3.59. The van der Waals surface area contributed by atoms with E-state index in [0.29, 0.717) is 35.1 Å². The third-order valence-electron chi connectivity index (χ3n) is 3.59. The molecule has 3 aromatic rings. The molecular formula is C24H27N3O3. The molecule has 0 atom stereocenters. The number of carbonyl (C=O) groups is 1. The number of nitrogens with two attached hydrogens (primary N) is 1. The molecular weight excluding hydrogens is 378 g/mol. The van der Waals surface area contributed by atoms with E-state index in [9.17, 15) is 4.79 Å². The van der Waals surface area contributed by atoms with Crippen LogP contribution in [0.2, 0.25) is 0 Å². The van der Waals surface area contributed by atoms with E-state index in [2.05, 4.69) is 4.98 Å². The number of benzene rings is 2. The fraction of sp³-hybridized carbons (Fsp3) is 0.208. The number of carbonyl (C=O) groups excluding carboxylic acids is 1. The van der Waals surface area contributed by atoms with Crippen LogP contribution >= 0.6 is 0 Å². The lowest BCUT2D eigenvalue weighted by molar-refractivity contribution is 0.100. The number of rotatable bonds is 5. The zero-order valence-corrected chi connectivity index (χ0v) is 17.8. The average Bonchev–Trinajstić information content (AvgIpc) is 2.81. The Balaban J connectivity index is 0.000000673. The Morgan fingerprint density at radius 2 is 1.67 bits per heavy atom. The summed E-state index contributed by atoms with van der Waals surface area (Å²) in [5.74, 6) is 1.31. The molecule has 0 spiro atoms. The first-order valence-electron chi connectivity index (χ1n) is 9.63. The van der Waals surface area contributed by atoms with E-state index >= 15 is 0 Å². The first kappa shape index (κ1) is 24.2. The first-order valence-corrected chi connectivity index (χ1v) is 9.63. The molecule has 0 aliphatic heterocycles. The molecule has 3 rings (SSSR count). The molecule has 0 bridgehead atoms. The quantitative estimate of drug-likeness (QED) is 0.596. The van der Waals surface area contributed by atoms with Gasteiger partial charge in [-0.2, -0.15) is 5.26 Å². The Labute approximate surface area is 177 Å². The summed E-state index contributed by atoms with van der Waals surface area (Å²) in [6.45, 7) is 5.82. The molecule has 0 unspecified atom stereocenters. The number of nitriles is 1. The monoisotopic (exact) mass is 405 g/mol. The number of nitrogens with zero attached hydrogens (tertiary/aromatic N) is 2. The first-order chi connectivity index (χ1) is 14.6. The van der Waals surface area contributed by atoms with E-state index in [1.807, 2.05) is 63.2 Å². The highest BCUT2D eigenvalue weighted by Crippen LogP contribution is 2.26. The topological polar surface area (TPSA) is 98.2 Å². The number of hydrogen-bond acceptors (Lipinski definition) is 5. The van der Waals surface area contributed by atoms with Crippen molar-refractivity contribution in [3.8, 4) is 34.7 Å². The maximum Gasteiger partial charge on any atom is 0.248 e. The Morgan fingerprint density at radius 3 is 2.30 bits per heavy atom. The molecule has 30 heavy (non-hydrogen) atoms. The largest absolute Gasteiger partial charge is 0.497 e. The summed E-state index contributed by atoms with van der Waals surface area (Å²) in [7, 11) is 1.60. The van der Waals surface area contributed by atoms with Crippen molar-refractivity contribution < 1.29 is 14.3 Å². The van der Waals surface area contributed by atoms with Crippen molar-refractivity contribution in [1.82, 2.24) is 4.98 Å². The van der Waals surface area contributed by atoms with E-state index in [0.717, 1.165) is 5.56 Å². The van der Waals surface area contributed by atoms with Crippen LogP contribution in [0.15, 0.2) is 66.7 Å². The second kappa shape index (κ2) is 13.3. The number of primary amides is 1. The highest BCUT2D eigenvalue weighted by atomic mass is 16.5. The standard InChI is InChI=1S/C19H16N2O3.C3H5N.C2H6/c1-23-15-7-3-8-16(12-15)24-18-10-4-9-17(21-18)13-5-2-6-14(11-13)19(20)22;1-2-3-4;1-2/h2-12H,1H3,(H2,20,22);2H2,1H3;1-2H3. The number of hydrogen-bond donors (Lipinski definition) is 1. The highest BCUT2D eigenvalue weighted by Gasteiger charge is 2.06. The molecule has 0 radical (unpaired) electrons.